The number of benzene rings is 2. The Labute approximate surface area is 243 Å². The fourth-order valence-corrected chi connectivity index (χ4v) is 7.11. The molecule has 0 amide bonds. The third kappa shape index (κ3) is 6.37. The molecule has 222 valence electrons. The number of rotatable bonds is 2. The number of hydrogen-bond donors (Lipinski definition) is 0. The van der Waals surface area contributed by atoms with Crippen molar-refractivity contribution in [3.63, 3.8) is 0 Å². The Bertz CT molecular complexity index is 1650. The first-order chi connectivity index (χ1) is 19.7. The maximum absolute atomic E-state index is 13.5. The summed E-state index contributed by atoms with van der Waals surface area (Å²) < 4.78 is 81.3. The molecule has 0 spiro atoms. The quantitative estimate of drug-likeness (QED) is 0.208. The van der Waals surface area contributed by atoms with E-state index in [-0.39, 0.29) is 43.7 Å². The van der Waals surface area contributed by atoms with E-state index in [2.05, 4.69) is 10.2 Å². The van der Waals surface area contributed by atoms with Crippen molar-refractivity contribution in [2.75, 3.05) is 6.54 Å². The molecule has 1 aliphatic heterocycles. The van der Waals surface area contributed by atoms with Gasteiger partial charge in [0.1, 0.15) is 0 Å². The van der Waals surface area contributed by atoms with Gasteiger partial charge in [0, 0.05) is 31.1 Å². The zero-order valence-corrected chi connectivity index (χ0v) is 23.7. The van der Waals surface area contributed by atoms with E-state index in [4.69, 9.17) is 19.2 Å². The second-order valence-corrected chi connectivity index (χ2v) is 12.0. The van der Waals surface area contributed by atoms with Gasteiger partial charge in [-0.15, -0.1) is 22.7 Å². The van der Waals surface area contributed by atoms with Crippen molar-refractivity contribution in [3.05, 3.63) is 69.4 Å². The third-order valence-corrected chi connectivity index (χ3v) is 9.07. The number of hydrogen-bond acceptors (Lipinski definition) is 8. The summed E-state index contributed by atoms with van der Waals surface area (Å²) in [4.78, 5) is 34.6. The number of halogens is 6. The highest BCUT2D eigenvalue weighted by Gasteiger charge is 2.64. The molecular formula is C28H22F6N2O4S2. The maximum atomic E-state index is 13.5. The number of thiophene rings is 2. The molecule has 14 heteroatoms. The van der Waals surface area contributed by atoms with Gasteiger partial charge in [-0.2, -0.15) is 55.7 Å². The molecule has 0 bridgehead atoms. The van der Waals surface area contributed by atoms with Crippen LogP contribution in [0, 0.1) is 13.8 Å². The Balaban J connectivity index is 0.000000195. The van der Waals surface area contributed by atoms with Gasteiger partial charge < -0.3 is 0 Å². The van der Waals surface area contributed by atoms with Crippen molar-refractivity contribution in [2.45, 2.75) is 56.4 Å². The van der Waals surface area contributed by atoms with Crippen molar-refractivity contribution in [3.8, 4) is 0 Å². The predicted octanol–water partition coefficient (Wildman–Crippen LogP) is 8.46. The molecule has 1 fully saturated rings. The van der Waals surface area contributed by atoms with E-state index < -0.39 is 23.3 Å². The van der Waals surface area contributed by atoms with Crippen LogP contribution in [0.5, 0.6) is 0 Å². The lowest BCUT2D eigenvalue weighted by molar-refractivity contribution is -0.193. The second kappa shape index (κ2) is 12.7. The first-order valence-corrected chi connectivity index (χ1v) is 13.8. The largest absolute Gasteiger partial charge is 0.419 e. The molecule has 1 aliphatic carbocycles. The van der Waals surface area contributed by atoms with E-state index >= 15 is 0 Å². The minimum Gasteiger partial charge on any atom is -0.193 e. The van der Waals surface area contributed by atoms with E-state index in [9.17, 15) is 26.3 Å². The smallest absolute Gasteiger partial charge is 0.193 e. The lowest BCUT2D eigenvalue weighted by Crippen LogP contribution is -2.39. The van der Waals surface area contributed by atoms with Crippen molar-refractivity contribution in [1.82, 2.24) is 0 Å². The molecule has 1 saturated carbocycles. The fraction of sp³-hybridized carbons (Fsp3) is 0.357. The topological polar surface area (TPSA) is 93.0 Å². The molecule has 2 aliphatic rings. The van der Waals surface area contributed by atoms with Gasteiger partial charge in [0.25, 0.3) is 0 Å². The molecule has 1 atom stereocenters. The van der Waals surface area contributed by atoms with Gasteiger partial charge in [-0.25, -0.2) is 0 Å². The maximum Gasteiger partial charge on any atom is 0.419 e. The van der Waals surface area contributed by atoms with Crippen LogP contribution in [0.25, 0.3) is 20.2 Å². The van der Waals surface area contributed by atoms with Crippen LogP contribution in [0.1, 0.15) is 40.1 Å². The summed E-state index contributed by atoms with van der Waals surface area (Å²) in [6.45, 7) is 3.95. The summed E-state index contributed by atoms with van der Waals surface area (Å²) in [6, 6.07) is 14.1. The Morgan fingerprint density at radius 1 is 0.714 bits per heavy atom. The van der Waals surface area contributed by atoms with Crippen molar-refractivity contribution in [2.24, 2.45) is 10.2 Å². The number of aryl methyl sites for hydroxylation is 2. The molecule has 42 heavy (non-hydrogen) atoms. The summed E-state index contributed by atoms with van der Waals surface area (Å²) in [5.74, 6) is 0. The van der Waals surface area contributed by atoms with Crippen LogP contribution in [0.4, 0.5) is 26.3 Å². The van der Waals surface area contributed by atoms with E-state index in [0.29, 0.717) is 10.3 Å². The molecular weight excluding hydrogens is 606 g/mol. The molecule has 1 unspecified atom stereocenters. The normalized spacial score (nSPS) is 18.5. The monoisotopic (exact) mass is 628 g/mol. The van der Waals surface area contributed by atoms with Gasteiger partial charge >= 0.3 is 24.7 Å². The molecule has 2 aromatic heterocycles. The van der Waals surface area contributed by atoms with Crippen LogP contribution in [-0.4, -0.2) is 31.2 Å². The summed E-state index contributed by atoms with van der Waals surface area (Å²) in [5.41, 5.74) is -3.02. The van der Waals surface area contributed by atoms with Crippen molar-refractivity contribution in [1.29, 1.82) is 0 Å². The van der Waals surface area contributed by atoms with Crippen LogP contribution >= 0.6 is 22.7 Å². The molecule has 6 rings (SSSR count). The van der Waals surface area contributed by atoms with Gasteiger partial charge in [-0.1, -0.05) is 36.4 Å². The Kier molecular flexibility index (Phi) is 9.89. The van der Waals surface area contributed by atoms with E-state index in [1.165, 1.54) is 28.7 Å². The first kappa shape index (κ1) is 32.8. The molecule has 6 nitrogen and oxygen atoms in total. The second-order valence-electron chi connectivity index (χ2n) is 9.48. The lowest BCUT2D eigenvalue weighted by Gasteiger charge is -2.28. The molecule has 4 aromatic rings. The Morgan fingerprint density at radius 3 is 1.55 bits per heavy atom. The summed E-state index contributed by atoms with van der Waals surface area (Å²) in [6.07, 6.45) is -7.69. The average Bonchev–Trinajstić information content (AvgIpc) is 3.20. The van der Waals surface area contributed by atoms with Gasteiger partial charge in [-0.3, -0.25) is 0 Å². The number of alkyl halides is 6. The standard InChI is InChI=1S/C13H11F3N2S.C13H11F3S.2CO2/c1-8-7-9-3-2-4-10(11(9)19-8)12(13(14,15)16)5-6-17-18-12;1-8-7-9-3-2-4-10(11(9)17-8)12(5-6-12)13(14,15)16;2*2-1-3/h2-4,7H,5-6H2,1H3;2-4,7H,5-6H2,1H3;;. The van der Waals surface area contributed by atoms with Crippen LogP contribution in [0.2, 0.25) is 0 Å². The van der Waals surface area contributed by atoms with Crippen molar-refractivity contribution >= 4 is 55.1 Å². The molecule has 0 saturated heterocycles. The number of carbonyl (C=O) groups excluding carboxylic acids is 4. The third-order valence-electron chi connectivity index (χ3n) is 6.87. The Morgan fingerprint density at radius 2 is 1.17 bits per heavy atom. The summed E-state index contributed by atoms with van der Waals surface area (Å²) in [7, 11) is 0. The Hall–Kier alpha value is -3.70. The van der Waals surface area contributed by atoms with Gasteiger partial charge in [0.2, 0.25) is 5.54 Å². The highest BCUT2D eigenvalue weighted by atomic mass is 32.1. The average molecular weight is 629 g/mol. The predicted molar refractivity (Wildman–Crippen MR) is 142 cm³/mol. The first-order valence-electron chi connectivity index (χ1n) is 12.2. The molecule has 3 heterocycles. The van der Waals surface area contributed by atoms with Crippen LogP contribution in [0.3, 0.4) is 0 Å². The van der Waals surface area contributed by atoms with Crippen LogP contribution in [-0.2, 0) is 30.1 Å². The minimum absolute atomic E-state index is 0.105. The van der Waals surface area contributed by atoms with Gasteiger partial charge in [0.05, 0.1) is 12.0 Å². The number of nitrogens with zero attached hydrogens (tertiary/aromatic N) is 2. The highest BCUT2D eigenvalue weighted by molar-refractivity contribution is 7.19. The molecule has 2 aromatic carbocycles. The number of fused-ring (bicyclic) bond motifs is 2. The summed E-state index contributed by atoms with van der Waals surface area (Å²) in [5, 5.41) is 8.95. The summed E-state index contributed by atoms with van der Waals surface area (Å²) >= 11 is 2.84. The van der Waals surface area contributed by atoms with Crippen LogP contribution < -0.4 is 0 Å². The van der Waals surface area contributed by atoms with E-state index in [1.54, 1.807) is 18.2 Å². The van der Waals surface area contributed by atoms with Crippen molar-refractivity contribution < 1.29 is 45.5 Å². The van der Waals surface area contributed by atoms with E-state index in [1.807, 2.05) is 38.1 Å². The number of azo groups is 1. The van der Waals surface area contributed by atoms with Gasteiger partial charge in [-0.05, 0) is 55.2 Å². The van der Waals surface area contributed by atoms with Gasteiger partial charge in [0.15, 0.2) is 0 Å². The molecule has 0 N–H and O–H groups in total. The highest BCUT2D eigenvalue weighted by Crippen LogP contribution is 2.60. The minimum atomic E-state index is -4.42. The van der Waals surface area contributed by atoms with Crippen LogP contribution in [0.15, 0.2) is 58.8 Å². The SMILES string of the molecule is Cc1cc2cccc(C3(C(F)(F)F)CC3)c2s1.Cc1cc2cccc(C3(C(F)(F)F)CCN=N3)c2s1.O=C=O.O=C=O. The molecule has 0 radical (unpaired) electrons. The fourth-order valence-electron chi connectivity index (χ4n) is 4.89. The lowest BCUT2D eigenvalue weighted by atomic mass is 9.87. The zero-order chi connectivity index (χ0) is 31.3. The zero-order valence-electron chi connectivity index (χ0n) is 22.1. The van der Waals surface area contributed by atoms with E-state index in [0.717, 1.165) is 25.2 Å².